The molecule has 10 aromatic carbocycles. The van der Waals surface area contributed by atoms with Crippen LogP contribution in [0.2, 0.25) is 0 Å². The van der Waals surface area contributed by atoms with Gasteiger partial charge in [-0.3, -0.25) is 4.98 Å². The van der Waals surface area contributed by atoms with E-state index in [0.717, 1.165) is 39.5 Å². The molecule has 0 saturated heterocycles. The van der Waals surface area contributed by atoms with Gasteiger partial charge in [-0.1, -0.05) is 194 Å². The molecule has 0 bridgehead atoms. The van der Waals surface area contributed by atoms with Crippen LogP contribution in [0.4, 0.5) is 0 Å². The predicted molar refractivity (Wildman–Crippen MR) is 275 cm³/mol. The Morgan fingerprint density at radius 2 is 0.508 bits per heavy atom. The molecule has 2 heterocycles. The fourth-order valence-corrected chi connectivity index (χ4v) is 10.0. The highest BCUT2D eigenvalue weighted by atomic mass is 14.7. The summed E-state index contributed by atoms with van der Waals surface area (Å²) < 4.78 is 0. The Labute approximate surface area is 378 Å². The quantitative estimate of drug-likeness (QED) is 0.150. The van der Waals surface area contributed by atoms with Crippen molar-refractivity contribution < 1.29 is 0 Å². The summed E-state index contributed by atoms with van der Waals surface area (Å²) >= 11 is 0. The van der Waals surface area contributed by atoms with E-state index in [0.29, 0.717) is 0 Å². The second kappa shape index (κ2) is 16.0. The molecule has 0 radical (unpaired) electrons. The van der Waals surface area contributed by atoms with Gasteiger partial charge in [-0.2, -0.15) is 0 Å². The third-order valence-electron chi connectivity index (χ3n) is 12.9. The van der Waals surface area contributed by atoms with Crippen molar-refractivity contribution in [2.24, 2.45) is 0 Å². The van der Waals surface area contributed by atoms with Crippen molar-refractivity contribution in [3.63, 3.8) is 0 Å². The van der Waals surface area contributed by atoms with E-state index in [9.17, 15) is 0 Å². The van der Waals surface area contributed by atoms with Crippen LogP contribution in [0.25, 0.3) is 121 Å². The van der Waals surface area contributed by atoms with Gasteiger partial charge in [0.2, 0.25) is 0 Å². The topological polar surface area (TPSA) is 25.8 Å². The second-order valence-corrected chi connectivity index (χ2v) is 16.9. The maximum absolute atomic E-state index is 5.47. The normalized spacial score (nSPS) is 11.5. The molecule has 12 aromatic rings. The van der Waals surface area contributed by atoms with Gasteiger partial charge in [-0.15, -0.1) is 0 Å². The molecule has 0 fully saturated rings. The maximum Gasteiger partial charge on any atom is 0.0709 e. The number of aromatic nitrogens is 2. The van der Waals surface area contributed by atoms with E-state index in [2.05, 4.69) is 244 Å². The van der Waals surface area contributed by atoms with Crippen LogP contribution in [-0.4, -0.2) is 9.97 Å². The van der Waals surface area contributed by atoms with E-state index in [-0.39, 0.29) is 0 Å². The molecular formula is C63H42N2. The van der Waals surface area contributed by atoms with Crippen molar-refractivity contribution in [3.05, 3.63) is 242 Å². The smallest absolute Gasteiger partial charge is 0.0709 e. The Morgan fingerprint density at radius 3 is 0.877 bits per heavy atom. The van der Waals surface area contributed by atoms with Gasteiger partial charge < -0.3 is 0 Å². The molecule has 0 aliphatic rings. The van der Waals surface area contributed by atoms with E-state index in [1.165, 1.54) is 87.6 Å². The average molecular weight is 827 g/mol. The number of fused-ring (bicyclic) bond motifs is 4. The summed E-state index contributed by atoms with van der Waals surface area (Å²) in [6.45, 7) is 2.05. The Hall–Kier alpha value is -8.46. The molecule has 2 nitrogen and oxygen atoms in total. The number of benzene rings is 10. The number of hydrogen-bond donors (Lipinski definition) is 0. The lowest BCUT2D eigenvalue weighted by Gasteiger charge is -2.20. The van der Waals surface area contributed by atoms with Crippen molar-refractivity contribution in [2.45, 2.75) is 6.92 Å². The van der Waals surface area contributed by atoms with Gasteiger partial charge >= 0.3 is 0 Å². The van der Waals surface area contributed by atoms with Crippen LogP contribution in [0.5, 0.6) is 0 Å². The van der Waals surface area contributed by atoms with Crippen molar-refractivity contribution in [1.82, 2.24) is 9.97 Å². The Balaban J connectivity index is 1.08. The number of hydrogen-bond acceptors (Lipinski definition) is 2. The molecule has 0 saturated carbocycles. The number of nitrogens with zero attached hydrogens (tertiary/aromatic N) is 2. The van der Waals surface area contributed by atoms with Crippen LogP contribution in [-0.2, 0) is 0 Å². The average Bonchev–Trinajstić information content (AvgIpc) is 3.37. The van der Waals surface area contributed by atoms with E-state index in [1.54, 1.807) is 0 Å². The predicted octanol–water partition coefficient (Wildman–Crippen LogP) is 17.1. The van der Waals surface area contributed by atoms with E-state index in [1.807, 2.05) is 0 Å². The molecule has 2 heteroatoms. The molecule has 12 rings (SSSR count). The van der Waals surface area contributed by atoms with Crippen LogP contribution in [0.1, 0.15) is 5.69 Å². The molecule has 0 spiro atoms. The maximum atomic E-state index is 5.47. The molecular weight excluding hydrogens is 785 g/mol. The first kappa shape index (κ1) is 38.2. The first-order valence-corrected chi connectivity index (χ1v) is 22.3. The molecule has 0 aliphatic carbocycles. The second-order valence-electron chi connectivity index (χ2n) is 16.9. The molecule has 65 heavy (non-hydrogen) atoms. The number of rotatable bonds is 7. The standard InChI is InChI=1S/C63H42N2/c1-41-18-16-29-57(64-41)46-32-35-52-55(38-46)63(45-25-12-5-13-26-45)56-40-48(34-37-53(56)61(52)43-21-8-3-9-22-43)59-31-17-30-58(65-59)47-33-36-51-54(39-47)62(44-23-10-4-11-24-44)50-28-15-14-27-49(50)60(51)42-19-6-2-7-20-42/h2-40H,1H3. The summed E-state index contributed by atoms with van der Waals surface area (Å²) in [7, 11) is 0. The zero-order chi connectivity index (χ0) is 43.3. The highest BCUT2D eigenvalue weighted by molar-refractivity contribution is 6.23. The SMILES string of the molecule is Cc1cccc(-c2ccc3c(-c4ccccc4)c4ccc(-c5cccc(-c6ccc7c(-c8ccccc8)c8ccccc8c(-c8ccccc8)c7c6)n5)cc4c(-c4ccccc4)c3c2)n1. The monoisotopic (exact) mass is 826 g/mol. The van der Waals surface area contributed by atoms with Gasteiger partial charge in [0.25, 0.3) is 0 Å². The molecule has 0 unspecified atom stereocenters. The summed E-state index contributed by atoms with van der Waals surface area (Å²) in [5, 5.41) is 9.69. The minimum Gasteiger partial charge on any atom is -0.253 e. The highest BCUT2D eigenvalue weighted by Gasteiger charge is 2.21. The minimum atomic E-state index is 0.925. The number of aryl methyl sites for hydroxylation is 1. The van der Waals surface area contributed by atoms with Crippen LogP contribution in [0.15, 0.2) is 237 Å². The summed E-state index contributed by atoms with van der Waals surface area (Å²) in [4.78, 5) is 10.4. The summed E-state index contributed by atoms with van der Waals surface area (Å²) in [6, 6.07) is 85.5. The van der Waals surface area contributed by atoms with Gasteiger partial charge in [-0.05, 0) is 137 Å². The zero-order valence-corrected chi connectivity index (χ0v) is 35.9. The Bertz CT molecular complexity index is 3750. The molecule has 304 valence electrons. The molecule has 0 amide bonds. The van der Waals surface area contributed by atoms with Gasteiger partial charge in [0, 0.05) is 22.4 Å². The van der Waals surface area contributed by atoms with Gasteiger partial charge in [0.05, 0.1) is 17.1 Å². The molecule has 0 atom stereocenters. The van der Waals surface area contributed by atoms with Gasteiger partial charge in [-0.25, -0.2) is 4.98 Å². The summed E-state index contributed by atoms with van der Waals surface area (Å²) in [5.41, 5.74) is 16.7. The Kier molecular flexibility index (Phi) is 9.43. The first-order chi connectivity index (χ1) is 32.2. The van der Waals surface area contributed by atoms with E-state index >= 15 is 0 Å². The van der Waals surface area contributed by atoms with Crippen molar-refractivity contribution in [1.29, 1.82) is 0 Å². The summed E-state index contributed by atoms with van der Waals surface area (Å²) in [6.07, 6.45) is 0. The third-order valence-corrected chi connectivity index (χ3v) is 12.9. The van der Waals surface area contributed by atoms with Crippen molar-refractivity contribution in [3.8, 4) is 78.3 Å². The molecule has 2 aromatic heterocycles. The van der Waals surface area contributed by atoms with Crippen LogP contribution in [0.3, 0.4) is 0 Å². The largest absolute Gasteiger partial charge is 0.253 e. The Morgan fingerprint density at radius 1 is 0.215 bits per heavy atom. The number of pyridine rings is 2. The van der Waals surface area contributed by atoms with Crippen LogP contribution < -0.4 is 0 Å². The lowest BCUT2D eigenvalue weighted by atomic mass is 9.84. The van der Waals surface area contributed by atoms with E-state index in [4.69, 9.17) is 9.97 Å². The zero-order valence-electron chi connectivity index (χ0n) is 35.9. The van der Waals surface area contributed by atoms with Crippen LogP contribution >= 0.6 is 0 Å². The van der Waals surface area contributed by atoms with Gasteiger partial charge in [0.15, 0.2) is 0 Å². The third kappa shape index (κ3) is 6.75. The fourth-order valence-electron chi connectivity index (χ4n) is 10.0. The van der Waals surface area contributed by atoms with Gasteiger partial charge in [0.1, 0.15) is 0 Å². The fraction of sp³-hybridized carbons (Fsp3) is 0.0159. The lowest BCUT2D eigenvalue weighted by molar-refractivity contribution is 1.21. The summed E-state index contributed by atoms with van der Waals surface area (Å²) in [5.74, 6) is 0. The van der Waals surface area contributed by atoms with Crippen LogP contribution in [0, 0.1) is 6.92 Å². The van der Waals surface area contributed by atoms with Crippen molar-refractivity contribution >= 4 is 43.1 Å². The lowest BCUT2D eigenvalue weighted by Crippen LogP contribution is -1.94. The molecule has 0 aliphatic heterocycles. The molecule has 0 N–H and O–H groups in total. The minimum absolute atomic E-state index is 0.925. The first-order valence-electron chi connectivity index (χ1n) is 22.3. The highest BCUT2D eigenvalue weighted by Crippen LogP contribution is 2.47. The van der Waals surface area contributed by atoms with E-state index < -0.39 is 0 Å². The van der Waals surface area contributed by atoms with Crippen molar-refractivity contribution in [2.75, 3.05) is 0 Å².